The van der Waals surface area contributed by atoms with Crippen LogP contribution in [0.15, 0.2) is 34.8 Å². The minimum absolute atomic E-state index is 0.0894. The van der Waals surface area contributed by atoms with Crippen LogP contribution < -0.4 is 5.32 Å². The molecule has 0 fully saturated rings. The highest BCUT2D eigenvalue weighted by Gasteiger charge is 2.23. The fraction of sp³-hybridized carbons (Fsp3) is 0.500. The maximum Gasteiger partial charge on any atom is 0.252 e. The summed E-state index contributed by atoms with van der Waals surface area (Å²) in [5, 5.41) is 12.8. The Morgan fingerprint density at radius 2 is 2.10 bits per heavy atom. The predicted molar refractivity (Wildman–Crippen MR) is 76.9 cm³/mol. The van der Waals surface area contributed by atoms with Crippen LogP contribution in [0.2, 0.25) is 0 Å². The zero-order chi connectivity index (χ0) is 14.7. The molecule has 2 N–H and O–H groups in total. The van der Waals surface area contributed by atoms with Crippen LogP contribution in [0, 0.1) is 5.92 Å². The summed E-state index contributed by atoms with van der Waals surface area (Å²) in [5.74, 6) is 0.0176. The number of aliphatic hydroxyl groups is 1. The third-order valence-corrected chi connectivity index (χ3v) is 3.93. The number of ketones is 1. The molecule has 2 aliphatic rings. The SMILES string of the molecule is CC(=O)C1=C(C(=O)NC2=C(O)C(C)CCC2)CCC=C1. The summed E-state index contributed by atoms with van der Waals surface area (Å²) in [6.07, 6.45) is 7.54. The molecule has 2 rings (SSSR count). The number of hydrogen-bond acceptors (Lipinski definition) is 3. The molecule has 0 aliphatic heterocycles. The second-order valence-electron chi connectivity index (χ2n) is 5.50. The lowest BCUT2D eigenvalue weighted by Crippen LogP contribution is -2.30. The summed E-state index contributed by atoms with van der Waals surface area (Å²) < 4.78 is 0. The maximum atomic E-state index is 12.3. The summed E-state index contributed by atoms with van der Waals surface area (Å²) in [7, 11) is 0. The zero-order valence-corrected chi connectivity index (χ0v) is 12.0. The van der Waals surface area contributed by atoms with E-state index in [1.54, 1.807) is 6.08 Å². The van der Waals surface area contributed by atoms with Crippen LogP contribution in [0.25, 0.3) is 0 Å². The van der Waals surface area contributed by atoms with Gasteiger partial charge in [0.15, 0.2) is 5.78 Å². The molecule has 1 atom stereocenters. The molecule has 0 saturated heterocycles. The molecule has 4 nitrogen and oxygen atoms in total. The number of allylic oxidation sites excluding steroid dienone is 5. The van der Waals surface area contributed by atoms with Gasteiger partial charge in [-0.15, -0.1) is 0 Å². The molecule has 108 valence electrons. The van der Waals surface area contributed by atoms with Crippen molar-refractivity contribution in [2.24, 2.45) is 5.92 Å². The van der Waals surface area contributed by atoms with Gasteiger partial charge in [0.2, 0.25) is 0 Å². The number of carbonyl (C=O) groups is 2. The molecule has 0 bridgehead atoms. The fourth-order valence-corrected chi connectivity index (χ4v) is 2.72. The molecular weight excluding hydrogens is 254 g/mol. The van der Waals surface area contributed by atoms with Crippen molar-refractivity contribution >= 4 is 11.7 Å². The van der Waals surface area contributed by atoms with Gasteiger partial charge in [0, 0.05) is 17.1 Å². The highest BCUT2D eigenvalue weighted by molar-refractivity contribution is 6.07. The molecule has 0 aromatic rings. The Morgan fingerprint density at radius 3 is 2.80 bits per heavy atom. The second-order valence-corrected chi connectivity index (χ2v) is 5.50. The van der Waals surface area contributed by atoms with E-state index in [4.69, 9.17) is 0 Å². The third-order valence-electron chi connectivity index (χ3n) is 3.93. The van der Waals surface area contributed by atoms with Gasteiger partial charge in [-0.25, -0.2) is 0 Å². The summed E-state index contributed by atoms with van der Waals surface area (Å²) in [5.41, 5.74) is 1.62. The van der Waals surface area contributed by atoms with E-state index in [-0.39, 0.29) is 23.4 Å². The fourth-order valence-electron chi connectivity index (χ4n) is 2.72. The molecule has 0 radical (unpaired) electrons. The quantitative estimate of drug-likeness (QED) is 0.832. The largest absolute Gasteiger partial charge is 0.510 e. The Labute approximate surface area is 119 Å². The van der Waals surface area contributed by atoms with Crippen molar-refractivity contribution < 1.29 is 14.7 Å². The monoisotopic (exact) mass is 275 g/mol. The number of hydrogen-bond donors (Lipinski definition) is 2. The van der Waals surface area contributed by atoms with Crippen molar-refractivity contribution in [2.45, 2.75) is 46.0 Å². The van der Waals surface area contributed by atoms with Gasteiger partial charge >= 0.3 is 0 Å². The van der Waals surface area contributed by atoms with Crippen molar-refractivity contribution in [1.29, 1.82) is 0 Å². The van der Waals surface area contributed by atoms with Gasteiger partial charge in [-0.3, -0.25) is 9.59 Å². The summed E-state index contributed by atoms with van der Waals surface area (Å²) in [6, 6.07) is 0. The van der Waals surface area contributed by atoms with Gasteiger partial charge in [0.25, 0.3) is 5.91 Å². The van der Waals surface area contributed by atoms with Crippen LogP contribution in [-0.2, 0) is 9.59 Å². The number of carbonyl (C=O) groups excluding carboxylic acids is 2. The smallest absolute Gasteiger partial charge is 0.252 e. The molecule has 20 heavy (non-hydrogen) atoms. The Kier molecular flexibility index (Phi) is 4.42. The number of nitrogens with one attached hydrogen (secondary N) is 1. The average molecular weight is 275 g/mol. The lowest BCUT2D eigenvalue weighted by atomic mass is 9.92. The van der Waals surface area contributed by atoms with Crippen molar-refractivity contribution in [3.05, 3.63) is 34.8 Å². The zero-order valence-electron chi connectivity index (χ0n) is 12.0. The normalized spacial score (nSPS) is 23.0. The third kappa shape index (κ3) is 3.00. The first kappa shape index (κ1) is 14.6. The van der Waals surface area contributed by atoms with E-state index < -0.39 is 0 Å². The van der Waals surface area contributed by atoms with Crippen LogP contribution in [0.4, 0.5) is 0 Å². The summed E-state index contributed by atoms with van der Waals surface area (Å²) in [4.78, 5) is 23.9. The molecule has 0 aromatic heterocycles. The van der Waals surface area contributed by atoms with Crippen molar-refractivity contribution in [1.82, 2.24) is 5.32 Å². The number of aliphatic hydroxyl groups excluding tert-OH is 1. The molecule has 1 amide bonds. The van der Waals surface area contributed by atoms with E-state index in [1.165, 1.54) is 6.92 Å². The highest BCUT2D eigenvalue weighted by atomic mass is 16.3. The number of Topliss-reactive ketones (excluding diaryl/α,β-unsaturated/α-hetero) is 1. The first-order valence-electron chi connectivity index (χ1n) is 7.14. The second kappa shape index (κ2) is 6.07. The van der Waals surface area contributed by atoms with Crippen molar-refractivity contribution in [3.8, 4) is 0 Å². The van der Waals surface area contributed by atoms with Gasteiger partial charge in [0.1, 0.15) is 5.76 Å². The molecule has 0 saturated carbocycles. The van der Waals surface area contributed by atoms with Crippen molar-refractivity contribution in [3.63, 3.8) is 0 Å². The first-order valence-corrected chi connectivity index (χ1v) is 7.14. The molecule has 2 aliphatic carbocycles. The minimum Gasteiger partial charge on any atom is -0.510 e. The molecule has 0 heterocycles. The topological polar surface area (TPSA) is 66.4 Å². The van der Waals surface area contributed by atoms with Crippen LogP contribution in [0.5, 0.6) is 0 Å². The van der Waals surface area contributed by atoms with E-state index in [0.717, 1.165) is 19.3 Å². The lowest BCUT2D eigenvalue weighted by molar-refractivity contribution is -0.118. The molecular formula is C16H21NO3. The van der Waals surface area contributed by atoms with Crippen LogP contribution in [0.3, 0.4) is 0 Å². The molecule has 0 spiro atoms. The van der Waals surface area contributed by atoms with Crippen LogP contribution >= 0.6 is 0 Å². The van der Waals surface area contributed by atoms with E-state index in [2.05, 4.69) is 5.32 Å². The first-order chi connectivity index (χ1) is 9.50. The van der Waals surface area contributed by atoms with Gasteiger partial charge in [0.05, 0.1) is 5.70 Å². The number of amides is 1. The summed E-state index contributed by atoms with van der Waals surface area (Å²) in [6.45, 7) is 3.42. The Balaban J connectivity index is 2.21. The lowest BCUT2D eigenvalue weighted by Gasteiger charge is -2.23. The van der Waals surface area contributed by atoms with Gasteiger partial charge < -0.3 is 10.4 Å². The van der Waals surface area contributed by atoms with Crippen LogP contribution in [-0.4, -0.2) is 16.8 Å². The maximum absolute atomic E-state index is 12.3. The molecule has 4 heteroatoms. The Hall–Kier alpha value is -1.84. The minimum atomic E-state index is -0.254. The van der Waals surface area contributed by atoms with E-state index in [1.807, 2.05) is 13.0 Å². The van der Waals surface area contributed by atoms with Crippen LogP contribution in [0.1, 0.15) is 46.0 Å². The highest BCUT2D eigenvalue weighted by Crippen LogP contribution is 2.27. The average Bonchev–Trinajstić information content (AvgIpc) is 2.43. The predicted octanol–water partition coefficient (Wildman–Crippen LogP) is 2.93. The van der Waals surface area contributed by atoms with E-state index in [0.29, 0.717) is 29.7 Å². The number of rotatable bonds is 3. The Bertz CT molecular complexity index is 526. The standard InChI is InChI=1S/C16H21NO3/c1-10-6-5-9-14(15(10)19)17-16(20)13-8-4-3-7-12(13)11(2)18/h3,7,10,19H,4-6,8-9H2,1-2H3,(H,17,20). The van der Waals surface area contributed by atoms with E-state index in [9.17, 15) is 14.7 Å². The van der Waals surface area contributed by atoms with E-state index >= 15 is 0 Å². The van der Waals surface area contributed by atoms with Gasteiger partial charge in [-0.05, 0) is 39.0 Å². The summed E-state index contributed by atoms with van der Waals surface area (Å²) >= 11 is 0. The van der Waals surface area contributed by atoms with Gasteiger partial charge in [-0.1, -0.05) is 19.1 Å². The molecule has 0 aromatic carbocycles. The van der Waals surface area contributed by atoms with Crippen molar-refractivity contribution in [2.75, 3.05) is 0 Å². The van der Waals surface area contributed by atoms with Gasteiger partial charge in [-0.2, -0.15) is 0 Å². The Morgan fingerprint density at radius 1 is 1.35 bits per heavy atom. The molecule has 1 unspecified atom stereocenters.